The van der Waals surface area contributed by atoms with E-state index in [-0.39, 0.29) is 12.2 Å². The smallest absolute Gasteiger partial charge is 0.189 e. The highest BCUT2D eigenvalue weighted by Gasteiger charge is 2.13. The number of ketones is 1. The molecule has 0 amide bonds. The van der Waals surface area contributed by atoms with Gasteiger partial charge in [0.2, 0.25) is 0 Å². The standard InChI is InChI=1S/C8H9N5OS/c1-5-9-6(4-15-5)7(14)3-8-10-12-13(2)11-8/h4H,3H2,1-2H3. The molecule has 2 heterocycles. The van der Waals surface area contributed by atoms with Crippen molar-refractivity contribution in [3.05, 3.63) is 21.9 Å². The number of hydrogen-bond acceptors (Lipinski definition) is 6. The van der Waals surface area contributed by atoms with Gasteiger partial charge in [0, 0.05) is 5.38 Å². The number of aryl methyl sites for hydroxylation is 2. The van der Waals surface area contributed by atoms with Crippen LogP contribution in [0.3, 0.4) is 0 Å². The summed E-state index contributed by atoms with van der Waals surface area (Å²) in [4.78, 5) is 17.1. The molecule has 0 N–H and O–H groups in total. The van der Waals surface area contributed by atoms with Crippen LogP contribution >= 0.6 is 11.3 Å². The average Bonchev–Trinajstić information content (AvgIpc) is 2.75. The molecule has 0 saturated carbocycles. The lowest BCUT2D eigenvalue weighted by Gasteiger charge is -1.90. The van der Waals surface area contributed by atoms with E-state index in [4.69, 9.17) is 0 Å². The Bertz CT molecular complexity index is 489. The summed E-state index contributed by atoms with van der Waals surface area (Å²) in [6.45, 7) is 1.86. The maximum Gasteiger partial charge on any atom is 0.189 e. The summed E-state index contributed by atoms with van der Waals surface area (Å²) in [5, 5.41) is 14.0. The van der Waals surface area contributed by atoms with Crippen LogP contribution in [-0.4, -0.2) is 31.0 Å². The van der Waals surface area contributed by atoms with Gasteiger partial charge in [0.25, 0.3) is 0 Å². The van der Waals surface area contributed by atoms with Gasteiger partial charge in [0.05, 0.1) is 18.5 Å². The summed E-state index contributed by atoms with van der Waals surface area (Å²) in [6.07, 6.45) is 0.150. The minimum atomic E-state index is -0.0765. The van der Waals surface area contributed by atoms with E-state index in [1.165, 1.54) is 16.1 Å². The average molecular weight is 223 g/mol. The summed E-state index contributed by atoms with van der Waals surface area (Å²) in [6, 6.07) is 0. The highest BCUT2D eigenvalue weighted by atomic mass is 32.1. The Morgan fingerprint density at radius 2 is 2.40 bits per heavy atom. The molecule has 6 nitrogen and oxygen atoms in total. The van der Waals surface area contributed by atoms with Gasteiger partial charge in [-0.15, -0.1) is 21.5 Å². The van der Waals surface area contributed by atoms with Crippen LogP contribution in [0.25, 0.3) is 0 Å². The zero-order valence-corrected chi connectivity index (χ0v) is 9.15. The molecule has 78 valence electrons. The second kappa shape index (κ2) is 3.85. The molecule has 0 spiro atoms. The number of rotatable bonds is 3. The fourth-order valence-electron chi connectivity index (χ4n) is 1.12. The Morgan fingerprint density at radius 1 is 1.60 bits per heavy atom. The van der Waals surface area contributed by atoms with E-state index in [9.17, 15) is 4.79 Å². The van der Waals surface area contributed by atoms with Crippen LogP contribution in [0.2, 0.25) is 0 Å². The number of nitrogens with zero attached hydrogens (tertiary/aromatic N) is 5. The first-order valence-corrected chi connectivity index (χ1v) is 5.21. The highest BCUT2D eigenvalue weighted by molar-refractivity contribution is 7.09. The van der Waals surface area contributed by atoms with E-state index < -0.39 is 0 Å². The molecule has 0 bridgehead atoms. The first-order valence-electron chi connectivity index (χ1n) is 4.33. The summed E-state index contributed by atoms with van der Waals surface area (Å²) in [5.41, 5.74) is 0.477. The fourth-order valence-corrected chi connectivity index (χ4v) is 1.74. The van der Waals surface area contributed by atoms with Crippen LogP contribution in [0, 0.1) is 6.92 Å². The molecule has 0 saturated heterocycles. The summed E-state index contributed by atoms with van der Waals surface area (Å²) in [5.74, 6) is 0.348. The van der Waals surface area contributed by atoms with Gasteiger partial charge < -0.3 is 0 Å². The van der Waals surface area contributed by atoms with Crippen LogP contribution in [0.4, 0.5) is 0 Å². The lowest BCUT2D eigenvalue weighted by atomic mass is 10.2. The van der Waals surface area contributed by atoms with Crippen LogP contribution in [0.15, 0.2) is 5.38 Å². The Labute approximate surface area is 90.0 Å². The second-order valence-electron chi connectivity index (χ2n) is 3.05. The molecule has 0 atom stereocenters. The molecule has 7 heteroatoms. The van der Waals surface area contributed by atoms with Gasteiger partial charge in [-0.3, -0.25) is 4.79 Å². The molecule has 0 fully saturated rings. The van der Waals surface area contributed by atoms with E-state index in [0.717, 1.165) is 5.01 Å². The third-order valence-corrected chi connectivity index (χ3v) is 2.55. The maximum absolute atomic E-state index is 11.7. The number of carbonyl (C=O) groups is 1. The maximum atomic E-state index is 11.7. The SMILES string of the molecule is Cc1nc(C(=O)Cc2nnn(C)n2)cs1. The summed E-state index contributed by atoms with van der Waals surface area (Å²) >= 11 is 1.45. The first kappa shape index (κ1) is 9.91. The van der Waals surface area contributed by atoms with Crippen molar-refractivity contribution >= 4 is 17.1 Å². The molecule has 0 aliphatic heterocycles. The fraction of sp³-hybridized carbons (Fsp3) is 0.375. The van der Waals surface area contributed by atoms with Gasteiger partial charge in [-0.05, 0) is 12.1 Å². The Kier molecular flexibility index (Phi) is 2.55. The molecule has 2 aromatic heterocycles. The lowest BCUT2D eigenvalue weighted by Crippen LogP contribution is -2.06. The number of hydrogen-bond donors (Lipinski definition) is 0. The van der Waals surface area contributed by atoms with E-state index in [1.807, 2.05) is 6.92 Å². The quantitative estimate of drug-likeness (QED) is 0.704. The van der Waals surface area contributed by atoms with Crippen molar-refractivity contribution in [3.63, 3.8) is 0 Å². The normalized spacial score (nSPS) is 10.5. The van der Waals surface area contributed by atoms with Gasteiger partial charge in [0.1, 0.15) is 5.69 Å². The molecule has 0 aliphatic carbocycles. The Morgan fingerprint density at radius 3 is 2.93 bits per heavy atom. The van der Waals surface area contributed by atoms with Crippen molar-refractivity contribution in [1.82, 2.24) is 25.2 Å². The summed E-state index contributed by atoms with van der Waals surface area (Å²) in [7, 11) is 1.66. The van der Waals surface area contributed by atoms with Crippen molar-refractivity contribution in [2.75, 3.05) is 0 Å². The molecule has 2 aromatic rings. The van der Waals surface area contributed by atoms with Gasteiger partial charge in [-0.25, -0.2) is 4.98 Å². The second-order valence-corrected chi connectivity index (χ2v) is 4.11. The van der Waals surface area contributed by atoms with Gasteiger partial charge in [-0.1, -0.05) is 0 Å². The monoisotopic (exact) mass is 223 g/mol. The van der Waals surface area contributed by atoms with E-state index in [1.54, 1.807) is 12.4 Å². The number of Topliss-reactive ketones (excluding diaryl/α,β-unsaturated/α-hetero) is 1. The lowest BCUT2D eigenvalue weighted by molar-refractivity contribution is 0.0986. The minimum Gasteiger partial charge on any atom is -0.292 e. The molecule has 0 unspecified atom stereocenters. The van der Waals surface area contributed by atoms with Crippen LogP contribution in [0.1, 0.15) is 21.3 Å². The Balaban J connectivity index is 2.10. The van der Waals surface area contributed by atoms with Crippen molar-refractivity contribution in [2.24, 2.45) is 7.05 Å². The van der Waals surface area contributed by atoms with Crippen LogP contribution < -0.4 is 0 Å². The number of carbonyl (C=O) groups excluding carboxylic acids is 1. The minimum absolute atomic E-state index is 0.0765. The topological polar surface area (TPSA) is 73.6 Å². The van der Waals surface area contributed by atoms with E-state index >= 15 is 0 Å². The number of tetrazole rings is 1. The predicted octanol–water partition coefficient (Wildman–Crippen LogP) is 0.400. The van der Waals surface area contributed by atoms with E-state index in [0.29, 0.717) is 11.5 Å². The van der Waals surface area contributed by atoms with Gasteiger partial charge in [-0.2, -0.15) is 4.80 Å². The molecule has 15 heavy (non-hydrogen) atoms. The largest absolute Gasteiger partial charge is 0.292 e. The zero-order valence-electron chi connectivity index (χ0n) is 8.34. The third kappa shape index (κ3) is 2.24. The van der Waals surface area contributed by atoms with Gasteiger partial charge in [0.15, 0.2) is 11.6 Å². The number of thiazole rings is 1. The van der Waals surface area contributed by atoms with Crippen molar-refractivity contribution in [1.29, 1.82) is 0 Å². The predicted molar refractivity (Wildman–Crippen MR) is 53.7 cm³/mol. The van der Waals surface area contributed by atoms with Crippen molar-refractivity contribution in [3.8, 4) is 0 Å². The molecule has 0 aromatic carbocycles. The molecule has 2 rings (SSSR count). The summed E-state index contributed by atoms with van der Waals surface area (Å²) < 4.78 is 0. The first-order chi connectivity index (χ1) is 7.15. The highest BCUT2D eigenvalue weighted by Crippen LogP contribution is 2.09. The van der Waals surface area contributed by atoms with Crippen molar-refractivity contribution < 1.29 is 4.79 Å². The van der Waals surface area contributed by atoms with Crippen LogP contribution in [-0.2, 0) is 13.5 Å². The third-order valence-electron chi connectivity index (χ3n) is 1.77. The zero-order chi connectivity index (χ0) is 10.8. The number of aromatic nitrogens is 5. The van der Waals surface area contributed by atoms with Crippen LogP contribution in [0.5, 0.6) is 0 Å². The molecular weight excluding hydrogens is 214 g/mol. The molecule has 0 radical (unpaired) electrons. The van der Waals surface area contributed by atoms with Crippen molar-refractivity contribution in [2.45, 2.75) is 13.3 Å². The molecular formula is C8H9N5OS. The Hall–Kier alpha value is -1.63. The van der Waals surface area contributed by atoms with Gasteiger partial charge >= 0.3 is 0 Å². The molecule has 0 aliphatic rings. The van der Waals surface area contributed by atoms with E-state index in [2.05, 4.69) is 20.4 Å².